The zero-order chi connectivity index (χ0) is 15.1. The standard InChI is InChI=1S/C14H26N2O2Si/c1-8-9-12(10-11-19(5,6)7)15-16-13(17)18-14(2,3)4/h8-9H2,1-7H3,(H,16,17). The zero-order valence-corrected chi connectivity index (χ0v) is 14.2. The SMILES string of the molecule is CCCC(C#C[Si](C)(C)C)=NNC(=O)OC(C)(C)C. The quantitative estimate of drug-likeness (QED) is 0.372. The van der Waals surface area contributed by atoms with E-state index in [2.05, 4.69) is 48.6 Å². The largest absolute Gasteiger partial charge is 0.443 e. The van der Waals surface area contributed by atoms with Gasteiger partial charge in [-0.2, -0.15) is 5.10 Å². The maximum Gasteiger partial charge on any atom is 0.428 e. The van der Waals surface area contributed by atoms with Crippen LogP contribution in [0.25, 0.3) is 0 Å². The number of ether oxygens (including phenoxy) is 1. The molecule has 0 atom stereocenters. The Balaban J connectivity index is 4.67. The van der Waals surface area contributed by atoms with Crippen molar-refractivity contribution in [1.82, 2.24) is 5.43 Å². The minimum absolute atomic E-state index is 0.519. The van der Waals surface area contributed by atoms with Gasteiger partial charge < -0.3 is 4.74 Å². The van der Waals surface area contributed by atoms with Crippen LogP contribution in [0, 0.1) is 11.5 Å². The summed E-state index contributed by atoms with van der Waals surface area (Å²) in [5.74, 6) is 3.07. The lowest BCUT2D eigenvalue weighted by atomic mass is 10.2. The predicted octanol–water partition coefficient (Wildman–Crippen LogP) is 3.55. The molecule has 0 aliphatic carbocycles. The summed E-state index contributed by atoms with van der Waals surface area (Å²) in [5, 5.41) is 4.04. The van der Waals surface area contributed by atoms with Gasteiger partial charge in [0.2, 0.25) is 0 Å². The first-order valence-electron chi connectivity index (χ1n) is 6.62. The lowest BCUT2D eigenvalue weighted by molar-refractivity contribution is 0.0529. The average molecular weight is 282 g/mol. The molecule has 0 saturated carbocycles. The van der Waals surface area contributed by atoms with Crippen LogP contribution in [0.1, 0.15) is 40.5 Å². The first kappa shape index (κ1) is 17.7. The Bertz CT molecular complexity index is 392. The van der Waals surface area contributed by atoms with Crippen LogP contribution in [-0.4, -0.2) is 25.5 Å². The van der Waals surface area contributed by atoms with E-state index in [4.69, 9.17) is 4.74 Å². The molecule has 5 heteroatoms. The fourth-order valence-corrected chi connectivity index (χ4v) is 1.58. The Kier molecular flexibility index (Phi) is 6.85. The number of carbonyl (C=O) groups excluding carboxylic acids is 1. The van der Waals surface area contributed by atoms with Crippen molar-refractivity contribution in [2.75, 3.05) is 0 Å². The highest BCUT2D eigenvalue weighted by atomic mass is 28.3. The summed E-state index contributed by atoms with van der Waals surface area (Å²) in [7, 11) is -1.43. The molecule has 19 heavy (non-hydrogen) atoms. The third-order valence-electron chi connectivity index (χ3n) is 1.75. The fraction of sp³-hybridized carbons (Fsp3) is 0.714. The number of nitrogens with zero attached hydrogens (tertiary/aromatic N) is 1. The molecule has 0 unspecified atom stereocenters. The molecule has 0 heterocycles. The normalized spacial score (nSPS) is 12.5. The predicted molar refractivity (Wildman–Crippen MR) is 82.8 cm³/mol. The van der Waals surface area contributed by atoms with Gasteiger partial charge in [0.05, 0.1) is 0 Å². The molecule has 108 valence electrons. The second kappa shape index (κ2) is 7.34. The molecule has 0 aliphatic heterocycles. The Morgan fingerprint density at radius 3 is 2.32 bits per heavy atom. The van der Waals surface area contributed by atoms with Gasteiger partial charge >= 0.3 is 6.09 Å². The van der Waals surface area contributed by atoms with Gasteiger partial charge in [-0.25, -0.2) is 10.2 Å². The van der Waals surface area contributed by atoms with E-state index in [0.717, 1.165) is 12.8 Å². The van der Waals surface area contributed by atoms with E-state index >= 15 is 0 Å². The first-order valence-corrected chi connectivity index (χ1v) is 10.1. The molecule has 4 nitrogen and oxygen atoms in total. The van der Waals surface area contributed by atoms with Gasteiger partial charge in [0.25, 0.3) is 0 Å². The smallest absolute Gasteiger partial charge is 0.428 e. The van der Waals surface area contributed by atoms with Crippen LogP contribution in [0.2, 0.25) is 19.6 Å². The van der Waals surface area contributed by atoms with Crippen LogP contribution in [-0.2, 0) is 4.74 Å². The summed E-state index contributed by atoms with van der Waals surface area (Å²) in [5.41, 5.74) is 5.83. The van der Waals surface area contributed by atoms with Crippen molar-refractivity contribution in [3.8, 4) is 11.5 Å². The molecular weight excluding hydrogens is 256 g/mol. The Labute approximate surface area is 118 Å². The molecule has 0 aromatic heterocycles. The van der Waals surface area contributed by atoms with Gasteiger partial charge in [0, 0.05) is 0 Å². The fourth-order valence-electron chi connectivity index (χ4n) is 1.06. The highest BCUT2D eigenvalue weighted by Crippen LogP contribution is 2.06. The molecular formula is C14H26N2O2Si. The van der Waals surface area contributed by atoms with Crippen molar-refractivity contribution < 1.29 is 9.53 Å². The number of hydrazone groups is 1. The second-order valence-electron chi connectivity index (χ2n) is 6.42. The third kappa shape index (κ3) is 11.5. The molecule has 0 radical (unpaired) electrons. The summed E-state index contributed by atoms with van der Waals surface area (Å²) in [4.78, 5) is 11.5. The molecule has 0 rings (SSSR count). The molecule has 0 fully saturated rings. The number of nitrogens with one attached hydrogen (secondary N) is 1. The molecule has 1 N–H and O–H groups in total. The van der Waals surface area contributed by atoms with Gasteiger partial charge in [0.15, 0.2) is 0 Å². The van der Waals surface area contributed by atoms with E-state index in [-0.39, 0.29) is 0 Å². The van der Waals surface area contributed by atoms with E-state index in [1.54, 1.807) is 0 Å². The van der Waals surface area contributed by atoms with E-state index in [9.17, 15) is 4.79 Å². The third-order valence-corrected chi connectivity index (χ3v) is 2.62. The molecule has 0 saturated heterocycles. The molecule has 0 aromatic rings. The second-order valence-corrected chi connectivity index (χ2v) is 11.2. The van der Waals surface area contributed by atoms with E-state index < -0.39 is 19.8 Å². The van der Waals surface area contributed by atoms with Crippen molar-refractivity contribution >= 4 is 19.9 Å². The topological polar surface area (TPSA) is 50.7 Å². The van der Waals surface area contributed by atoms with Crippen LogP contribution in [0.15, 0.2) is 5.10 Å². The number of rotatable bonds is 3. The highest BCUT2D eigenvalue weighted by Gasteiger charge is 2.15. The van der Waals surface area contributed by atoms with Crippen molar-refractivity contribution in [2.24, 2.45) is 5.10 Å². The molecule has 1 amide bonds. The van der Waals surface area contributed by atoms with Crippen LogP contribution in [0.5, 0.6) is 0 Å². The van der Waals surface area contributed by atoms with E-state index in [1.165, 1.54) is 0 Å². The minimum atomic E-state index is -1.43. The van der Waals surface area contributed by atoms with Gasteiger partial charge in [-0.15, -0.1) is 5.54 Å². The number of carbonyl (C=O) groups is 1. The van der Waals surface area contributed by atoms with Crippen molar-refractivity contribution in [2.45, 2.75) is 65.8 Å². The zero-order valence-electron chi connectivity index (χ0n) is 13.2. The Morgan fingerprint density at radius 2 is 1.89 bits per heavy atom. The van der Waals surface area contributed by atoms with Gasteiger partial charge in [0.1, 0.15) is 19.4 Å². The van der Waals surface area contributed by atoms with Crippen molar-refractivity contribution in [1.29, 1.82) is 0 Å². The molecule has 0 spiro atoms. The summed E-state index contributed by atoms with van der Waals surface area (Å²) < 4.78 is 5.12. The Hall–Kier alpha value is -1.28. The number of hydrogen-bond acceptors (Lipinski definition) is 3. The summed E-state index contributed by atoms with van der Waals surface area (Å²) >= 11 is 0. The lowest BCUT2D eigenvalue weighted by Gasteiger charge is -2.18. The summed E-state index contributed by atoms with van der Waals surface area (Å²) in [6.07, 6.45) is 1.15. The number of hydrogen-bond donors (Lipinski definition) is 1. The minimum Gasteiger partial charge on any atom is -0.443 e. The molecule has 0 aromatic carbocycles. The molecule has 0 bridgehead atoms. The van der Waals surface area contributed by atoms with Gasteiger partial charge in [-0.1, -0.05) is 32.5 Å². The maximum absolute atomic E-state index is 11.5. The monoisotopic (exact) mass is 282 g/mol. The van der Waals surface area contributed by atoms with Crippen molar-refractivity contribution in [3.63, 3.8) is 0 Å². The van der Waals surface area contributed by atoms with Crippen LogP contribution >= 0.6 is 0 Å². The summed E-state index contributed by atoms with van der Waals surface area (Å²) in [6.45, 7) is 14.0. The highest BCUT2D eigenvalue weighted by molar-refractivity contribution is 6.84. The lowest BCUT2D eigenvalue weighted by Crippen LogP contribution is -2.30. The maximum atomic E-state index is 11.5. The average Bonchev–Trinajstić information content (AvgIpc) is 2.18. The van der Waals surface area contributed by atoms with E-state index in [1.807, 2.05) is 20.8 Å². The Morgan fingerprint density at radius 1 is 1.32 bits per heavy atom. The van der Waals surface area contributed by atoms with Crippen molar-refractivity contribution in [3.05, 3.63) is 0 Å². The van der Waals surface area contributed by atoms with Gasteiger partial charge in [-0.05, 0) is 33.6 Å². The van der Waals surface area contributed by atoms with E-state index in [0.29, 0.717) is 5.71 Å². The van der Waals surface area contributed by atoms with Crippen LogP contribution in [0.3, 0.4) is 0 Å². The number of amides is 1. The summed E-state index contributed by atoms with van der Waals surface area (Å²) in [6, 6.07) is 0. The molecule has 0 aliphatic rings. The van der Waals surface area contributed by atoms with Crippen LogP contribution < -0.4 is 5.43 Å². The van der Waals surface area contributed by atoms with Gasteiger partial charge in [-0.3, -0.25) is 0 Å². The first-order chi connectivity index (χ1) is 8.53. The van der Waals surface area contributed by atoms with Crippen LogP contribution in [0.4, 0.5) is 4.79 Å².